The number of carbonyl (C=O) groups is 1. The molecule has 0 aliphatic carbocycles. The molecule has 1 aromatic carbocycles. The third-order valence-electron chi connectivity index (χ3n) is 3.11. The Hall–Kier alpha value is -1.87. The van der Waals surface area contributed by atoms with Crippen molar-refractivity contribution in [2.75, 3.05) is 0 Å². The van der Waals surface area contributed by atoms with Crippen molar-refractivity contribution in [3.63, 3.8) is 0 Å². The van der Waals surface area contributed by atoms with Crippen LogP contribution in [0.15, 0.2) is 36.4 Å². The predicted molar refractivity (Wildman–Crippen MR) is 82.7 cm³/mol. The molecule has 0 aliphatic heterocycles. The molecule has 0 N–H and O–H groups in total. The molecule has 2 nitrogen and oxygen atoms in total. The molecule has 0 amide bonds. The van der Waals surface area contributed by atoms with Crippen LogP contribution in [0.4, 0.5) is 0 Å². The Bertz CT molecular complexity index is 633. The minimum atomic E-state index is -1.14. The highest BCUT2D eigenvalue weighted by Crippen LogP contribution is 2.29. The maximum atomic E-state index is 10.7. The molecular formula is C17H17O2S-. The lowest BCUT2D eigenvalue weighted by atomic mass is 10.1. The van der Waals surface area contributed by atoms with Crippen LogP contribution >= 0.6 is 11.3 Å². The summed E-state index contributed by atoms with van der Waals surface area (Å²) in [5.41, 5.74) is 2.38. The van der Waals surface area contributed by atoms with Crippen LogP contribution < -0.4 is 5.11 Å². The Morgan fingerprint density at radius 2 is 1.80 bits per heavy atom. The normalized spacial score (nSPS) is 11.9. The van der Waals surface area contributed by atoms with Crippen molar-refractivity contribution < 1.29 is 9.90 Å². The second-order valence-corrected chi connectivity index (χ2v) is 6.21. The van der Waals surface area contributed by atoms with E-state index < -0.39 is 5.97 Å². The quantitative estimate of drug-likeness (QED) is 0.857. The van der Waals surface area contributed by atoms with Crippen molar-refractivity contribution >= 4 is 29.0 Å². The number of rotatable bonds is 4. The molecule has 0 radical (unpaired) electrons. The third-order valence-corrected chi connectivity index (χ3v) is 4.64. The van der Waals surface area contributed by atoms with Crippen molar-refractivity contribution in [1.82, 2.24) is 0 Å². The van der Waals surface area contributed by atoms with Gasteiger partial charge in [-0.15, -0.1) is 11.3 Å². The van der Waals surface area contributed by atoms with Crippen LogP contribution in [-0.2, 0) is 0 Å². The number of benzene rings is 1. The lowest BCUT2D eigenvalue weighted by molar-refractivity contribution is -0.255. The van der Waals surface area contributed by atoms with Crippen molar-refractivity contribution in [3.8, 4) is 0 Å². The van der Waals surface area contributed by atoms with Crippen molar-refractivity contribution in [1.29, 1.82) is 0 Å². The van der Waals surface area contributed by atoms with Gasteiger partial charge in [0.2, 0.25) is 0 Å². The molecule has 20 heavy (non-hydrogen) atoms. The first-order valence-electron chi connectivity index (χ1n) is 6.57. The van der Waals surface area contributed by atoms with E-state index in [0.29, 0.717) is 5.92 Å². The van der Waals surface area contributed by atoms with E-state index in [2.05, 4.69) is 39.0 Å². The van der Waals surface area contributed by atoms with Gasteiger partial charge in [-0.05, 0) is 41.7 Å². The first-order valence-corrected chi connectivity index (χ1v) is 7.39. The zero-order chi connectivity index (χ0) is 14.7. The molecular weight excluding hydrogens is 268 g/mol. The lowest BCUT2D eigenvalue weighted by Crippen LogP contribution is -2.21. The Balaban J connectivity index is 2.22. The van der Waals surface area contributed by atoms with E-state index in [-0.39, 0.29) is 5.56 Å². The fourth-order valence-corrected chi connectivity index (χ4v) is 2.89. The van der Waals surface area contributed by atoms with E-state index in [4.69, 9.17) is 0 Å². The van der Waals surface area contributed by atoms with Gasteiger partial charge in [0.1, 0.15) is 0 Å². The fraction of sp³-hybridized carbons (Fsp3) is 0.235. The van der Waals surface area contributed by atoms with Gasteiger partial charge in [0, 0.05) is 9.75 Å². The number of carbonyl (C=O) groups excluding carboxylic acids is 1. The van der Waals surface area contributed by atoms with Gasteiger partial charge in [-0.3, -0.25) is 0 Å². The van der Waals surface area contributed by atoms with Gasteiger partial charge in [-0.25, -0.2) is 0 Å². The average molecular weight is 285 g/mol. The minimum Gasteiger partial charge on any atom is -0.545 e. The highest BCUT2D eigenvalue weighted by atomic mass is 32.1. The second-order valence-electron chi connectivity index (χ2n) is 5.09. The van der Waals surface area contributed by atoms with Gasteiger partial charge >= 0.3 is 0 Å². The van der Waals surface area contributed by atoms with Crippen LogP contribution in [0.3, 0.4) is 0 Å². The SMILES string of the molecule is C/C(=C\c1ccc(C(=O)[O-])cc1)c1ccc(C(C)C)s1. The lowest BCUT2D eigenvalue weighted by Gasteiger charge is -2.03. The number of carboxylic acid groups (broad SMARTS) is 1. The Kier molecular flexibility index (Phi) is 4.40. The Labute approximate surface area is 123 Å². The molecule has 0 fully saturated rings. The number of hydrogen-bond donors (Lipinski definition) is 0. The van der Waals surface area contributed by atoms with Gasteiger partial charge < -0.3 is 9.90 Å². The number of allylic oxidation sites excluding steroid dienone is 1. The van der Waals surface area contributed by atoms with E-state index in [1.165, 1.54) is 15.3 Å². The average Bonchev–Trinajstić information content (AvgIpc) is 2.89. The smallest absolute Gasteiger partial charge is 0.0715 e. The second kappa shape index (κ2) is 6.06. The summed E-state index contributed by atoms with van der Waals surface area (Å²) in [6, 6.07) is 11.0. The van der Waals surface area contributed by atoms with Crippen LogP contribution in [0.2, 0.25) is 0 Å². The van der Waals surface area contributed by atoms with E-state index in [1.807, 2.05) is 0 Å². The zero-order valence-corrected chi connectivity index (χ0v) is 12.7. The van der Waals surface area contributed by atoms with Gasteiger partial charge in [-0.1, -0.05) is 44.2 Å². The molecule has 0 aliphatic rings. The van der Waals surface area contributed by atoms with Crippen LogP contribution in [0.5, 0.6) is 0 Å². The minimum absolute atomic E-state index is 0.207. The molecule has 0 atom stereocenters. The zero-order valence-electron chi connectivity index (χ0n) is 11.8. The Morgan fingerprint density at radius 1 is 1.15 bits per heavy atom. The summed E-state index contributed by atoms with van der Waals surface area (Å²) >= 11 is 1.80. The summed E-state index contributed by atoms with van der Waals surface area (Å²) in [6.45, 7) is 6.45. The van der Waals surface area contributed by atoms with E-state index in [0.717, 1.165) is 5.56 Å². The molecule has 0 saturated carbocycles. The Morgan fingerprint density at radius 3 is 2.30 bits per heavy atom. The standard InChI is InChI=1S/C17H18O2S/c1-11(2)15-8-9-16(20-15)12(3)10-13-4-6-14(7-5-13)17(18)19/h4-11H,1-3H3,(H,18,19)/p-1/b12-10+. The predicted octanol–water partition coefficient (Wildman–Crippen LogP) is 3.80. The van der Waals surface area contributed by atoms with Gasteiger partial charge in [0.05, 0.1) is 5.97 Å². The summed E-state index contributed by atoms with van der Waals surface area (Å²) in [7, 11) is 0. The molecule has 0 bridgehead atoms. The monoisotopic (exact) mass is 285 g/mol. The third kappa shape index (κ3) is 3.36. The summed E-state index contributed by atoms with van der Waals surface area (Å²) in [5, 5.41) is 10.7. The van der Waals surface area contributed by atoms with Gasteiger partial charge in [-0.2, -0.15) is 0 Å². The summed E-state index contributed by atoms with van der Waals surface area (Å²) in [6.07, 6.45) is 2.06. The topological polar surface area (TPSA) is 40.1 Å². The highest BCUT2D eigenvalue weighted by molar-refractivity contribution is 7.13. The first kappa shape index (κ1) is 14.5. The van der Waals surface area contributed by atoms with Crippen LogP contribution in [0.1, 0.15) is 52.4 Å². The highest BCUT2D eigenvalue weighted by Gasteiger charge is 2.05. The molecule has 2 rings (SSSR count). The number of hydrogen-bond acceptors (Lipinski definition) is 3. The number of carboxylic acids is 1. The van der Waals surface area contributed by atoms with Gasteiger partial charge in [0.15, 0.2) is 0 Å². The summed E-state index contributed by atoms with van der Waals surface area (Å²) in [5.74, 6) is -0.596. The number of aromatic carboxylic acids is 1. The van der Waals surface area contributed by atoms with Crippen LogP contribution in [0.25, 0.3) is 11.6 Å². The molecule has 3 heteroatoms. The van der Waals surface area contributed by atoms with E-state index in [9.17, 15) is 9.90 Å². The molecule has 0 saturated heterocycles. The molecule has 0 spiro atoms. The fourth-order valence-electron chi connectivity index (χ4n) is 1.91. The van der Waals surface area contributed by atoms with E-state index in [1.54, 1.807) is 35.6 Å². The molecule has 2 aromatic rings. The summed E-state index contributed by atoms with van der Waals surface area (Å²) < 4.78 is 0. The molecule has 1 aromatic heterocycles. The summed E-state index contributed by atoms with van der Waals surface area (Å²) in [4.78, 5) is 13.3. The maximum absolute atomic E-state index is 10.7. The van der Waals surface area contributed by atoms with Crippen LogP contribution in [-0.4, -0.2) is 5.97 Å². The maximum Gasteiger partial charge on any atom is 0.0715 e. The van der Waals surface area contributed by atoms with Crippen molar-refractivity contribution in [2.24, 2.45) is 0 Å². The molecule has 1 heterocycles. The van der Waals surface area contributed by atoms with Crippen molar-refractivity contribution in [2.45, 2.75) is 26.7 Å². The first-order chi connectivity index (χ1) is 9.47. The van der Waals surface area contributed by atoms with Crippen LogP contribution in [0, 0.1) is 0 Å². The van der Waals surface area contributed by atoms with Crippen molar-refractivity contribution in [3.05, 3.63) is 57.3 Å². The number of thiophene rings is 1. The largest absolute Gasteiger partial charge is 0.545 e. The molecule has 0 unspecified atom stereocenters. The van der Waals surface area contributed by atoms with Gasteiger partial charge in [0.25, 0.3) is 0 Å². The molecule has 104 valence electrons. The van der Waals surface area contributed by atoms with E-state index >= 15 is 0 Å².